The molecule has 1 amide bonds. The molecule has 0 aromatic carbocycles. The van der Waals surface area contributed by atoms with Crippen molar-refractivity contribution in [3.63, 3.8) is 0 Å². The lowest BCUT2D eigenvalue weighted by atomic mass is 10.3. The Morgan fingerprint density at radius 1 is 1.59 bits per heavy atom. The smallest absolute Gasteiger partial charge is 0.294 e. The number of hydrogen-bond donors (Lipinski definition) is 1. The number of aryl methyl sites for hydroxylation is 1. The third kappa shape index (κ3) is 3.41. The van der Waals surface area contributed by atoms with Crippen molar-refractivity contribution in [2.24, 2.45) is 0 Å². The molecule has 1 heterocycles. The molecule has 0 aliphatic heterocycles. The van der Waals surface area contributed by atoms with Gasteiger partial charge in [0.05, 0.1) is 0 Å². The molecule has 0 bridgehead atoms. The van der Waals surface area contributed by atoms with Gasteiger partial charge in [0.25, 0.3) is 5.91 Å². The number of amides is 1. The molecule has 17 heavy (non-hydrogen) atoms. The lowest BCUT2D eigenvalue weighted by molar-refractivity contribution is 0.0716. The van der Waals surface area contributed by atoms with E-state index in [-0.39, 0.29) is 17.8 Å². The van der Waals surface area contributed by atoms with Crippen molar-refractivity contribution in [3.05, 3.63) is 24.3 Å². The molecule has 0 unspecified atom stereocenters. The molecule has 0 saturated carbocycles. The quantitative estimate of drug-likeness (QED) is 0.766. The molecule has 94 valence electrons. The number of nitrogens with one attached hydrogen (secondary N) is 1. The zero-order valence-electron chi connectivity index (χ0n) is 10.7. The average molecular weight is 236 g/mol. The molecule has 0 saturated heterocycles. The second-order valence-corrected chi connectivity index (χ2v) is 4.20. The molecule has 0 spiro atoms. The zero-order chi connectivity index (χ0) is 12.8. The van der Waals surface area contributed by atoms with Crippen LogP contribution in [0.15, 0.2) is 12.7 Å². The third-order valence-electron chi connectivity index (χ3n) is 2.42. The van der Waals surface area contributed by atoms with E-state index in [4.69, 9.17) is 0 Å². The molecule has 0 aliphatic carbocycles. The Hall–Kier alpha value is -1.65. The highest BCUT2D eigenvalue weighted by atomic mass is 16.2. The van der Waals surface area contributed by atoms with Gasteiger partial charge in [-0.25, -0.2) is 4.98 Å². The van der Waals surface area contributed by atoms with Gasteiger partial charge in [0.2, 0.25) is 5.82 Å². The molecule has 1 aromatic rings. The maximum Gasteiger partial charge on any atom is 0.294 e. The molecular weight excluding hydrogens is 216 g/mol. The van der Waals surface area contributed by atoms with Gasteiger partial charge < -0.3 is 4.90 Å². The summed E-state index contributed by atoms with van der Waals surface area (Å²) in [6.45, 7) is 10.1. The lowest BCUT2D eigenvalue weighted by Crippen LogP contribution is -2.37. The van der Waals surface area contributed by atoms with E-state index in [0.717, 1.165) is 18.7 Å². The predicted octanol–water partition coefficient (Wildman–Crippen LogP) is 1.79. The van der Waals surface area contributed by atoms with Gasteiger partial charge in [0, 0.05) is 19.0 Å². The fourth-order valence-corrected chi connectivity index (χ4v) is 1.54. The summed E-state index contributed by atoms with van der Waals surface area (Å²) in [5.41, 5.74) is 0. The Balaban J connectivity index is 2.81. The fraction of sp³-hybridized carbons (Fsp3) is 0.583. The van der Waals surface area contributed by atoms with Gasteiger partial charge in [-0.3, -0.25) is 9.89 Å². The molecule has 0 aliphatic rings. The molecule has 1 aromatic heterocycles. The van der Waals surface area contributed by atoms with Crippen molar-refractivity contribution in [3.8, 4) is 0 Å². The van der Waals surface area contributed by atoms with E-state index >= 15 is 0 Å². The van der Waals surface area contributed by atoms with Crippen LogP contribution in [0.4, 0.5) is 0 Å². The Labute approximate surface area is 102 Å². The van der Waals surface area contributed by atoms with E-state index < -0.39 is 0 Å². The maximum absolute atomic E-state index is 12.1. The van der Waals surface area contributed by atoms with Gasteiger partial charge in [-0.1, -0.05) is 13.0 Å². The van der Waals surface area contributed by atoms with Gasteiger partial charge in [-0.2, -0.15) is 0 Å². The van der Waals surface area contributed by atoms with Crippen molar-refractivity contribution >= 4 is 5.91 Å². The van der Waals surface area contributed by atoms with Crippen molar-refractivity contribution in [1.29, 1.82) is 0 Å². The summed E-state index contributed by atoms with van der Waals surface area (Å²) >= 11 is 0. The highest BCUT2D eigenvalue weighted by Gasteiger charge is 2.21. The molecule has 1 N–H and O–H groups in total. The number of carbonyl (C=O) groups is 1. The van der Waals surface area contributed by atoms with E-state index in [0.29, 0.717) is 6.54 Å². The van der Waals surface area contributed by atoms with Crippen LogP contribution in [-0.2, 0) is 6.42 Å². The third-order valence-corrected chi connectivity index (χ3v) is 2.42. The highest BCUT2D eigenvalue weighted by Crippen LogP contribution is 2.05. The topological polar surface area (TPSA) is 61.9 Å². The second-order valence-electron chi connectivity index (χ2n) is 4.20. The Morgan fingerprint density at radius 3 is 2.82 bits per heavy atom. The van der Waals surface area contributed by atoms with Crippen LogP contribution in [0, 0.1) is 0 Å². The molecule has 1 rings (SSSR count). The molecule has 0 atom stereocenters. The van der Waals surface area contributed by atoms with Gasteiger partial charge in [-0.05, 0) is 20.3 Å². The van der Waals surface area contributed by atoms with E-state index in [1.807, 2.05) is 13.8 Å². The lowest BCUT2D eigenvalue weighted by Gasteiger charge is -2.23. The molecule has 0 fully saturated rings. The number of aromatic amines is 1. The van der Waals surface area contributed by atoms with Crippen LogP contribution in [0.25, 0.3) is 0 Å². The summed E-state index contributed by atoms with van der Waals surface area (Å²) in [6, 6.07) is 0.105. The maximum atomic E-state index is 12.1. The summed E-state index contributed by atoms with van der Waals surface area (Å²) < 4.78 is 0. The minimum absolute atomic E-state index is 0.105. The van der Waals surface area contributed by atoms with Gasteiger partial charge >= 0.3 is 0 Å². The number of hydrogen-bond acceptors (Lipinski definition) is 3. The largest absolute Gasteiger partial charge is 0.330 e. The Bertz CT molecular complexity index is 384. The van der Waals surface area contributed by atoms with E-state index in [2.05, 4.69) is 28.7 Å². The number of H-pyrrole nitrogens is 1. The minimum atomic E-state index is -0.154. The molecule has 5 heteroatoms. The number of rotatable bonds is 6. The van der Waals surface area contributed by atoms with Crippen molar-refractivity contribution in [1.82, 2.24) is 20.1 Å². The van der Waals surface area contributed by atoms with E-state index in [9.17, 15) is 4.79 Å². The van der Waals surface area contributed by atoms with Crippen LogP contribution in [0.3, 0.4) is 0 Å². The molecular formula is C12H20N4O. The zero-order valence-corrected chi connectivity index (χ0v) is 10.7. The van der Waals surface area contributed by atoms with E-state index in [1.165, 1.54) is 0 Å². The fourth-order valence-electron chi connectivity index (χ4n) is 1.54. The van der Waals surface area contributed by atoms with Gasteiger partial charge in [-0.15, -0.1) is 11.7 Å². The highest BCUT2D eigenvalue weighted by molar-refractivity contribution is 5.90. The standard InChI is InChI=1S/C12H20N4O/c1-5-7-10-13-11(15-14-10)12(17)16(8-6-2)9(3)4/h6,9H,2,5,7-8H2,1,3-4H3,(H,13,14,15). The first-order valence-electron chi connectivity index (χ1n) is 5.93. The Morgan fingerprint density at radius 2 is 2.29 bits per heavy atom. The summed E-state index contributed by atoms with van der Waals surface area (Å²) in [5, 5.41) is 6.75. The minimum Gasteiger partial charge on any atom is -0.330 e. The van der Waals surface area contributed by atoms with Crippen LogP contribution in [-0.4, -0.2) is 38.6 Å². The summed E-state index contributed by atoms with van der Waals surface area (Å²) in [7, 11) is 0. The summed E-state index contributed by atoms with van der Waals surface area (Å²) in [6.07, 6.45) is 3.49. The number of nitrogens with zero attached hydrogens (tertiary/aromatic N) is 3. The van der Waals surface area contributed by atoms with Crippen molar-refractivity contribution in [2.45, 2.75) is 39.7 Å². The average Bonchev–Trinajstić information content (AvgIpc) is 2.73. The second kappa shape index (κ2) is 6.18. The van der Waals surface area contributed by atoms with Gasteiger partial charge in [0.1, 0.15) is 5.82 Å². The SMILES string of the molecule is C=CCN(C(=O)c1n[nH]c(CCC)n1)C(C)C. The first kappa shape index (κ1) is 13.4. The Kier molecular flexibility index (Phi) is 4.87. The van der Waals surface area contributed by atoms with Crippen LogP contribution in [0.2, 0.25) is 0 Å². The van der Waals surface area contributed by atoms with Gasteiger partial charge in [0.15, 0.2) is 0 Å². The van der Waals surface area contributed by atoms with Crippen LogP contribution in [0.1, 0.15) is 43.6 Å². The number of carbonyl (C=O) groups excluding carboxylic acids is 1. The number of aromatic nitrogens is 3. The summed E-state index contributed by atoms with van der Waals surface area (Å²) in [5.74, 6) is 0.848. The van der Waals surface area contributed by atoms with Crippen molar-refractivity contribution < 1.29 is 4.79 Å². The predicted molar refractivity (Wildman–Crippen MR) is 66.7 cm³/mol. The molecule has 5 nitrogen and oxygen atoms in total. The van der Waals surface area contributed by atoms with Crippen LogP contribution in [0.5, 0.6) is 0 Å². The van der Waals surface area contributed by atoms with E-state index in [1.54, 1.807) is 11.0 Å². The normalized spacial score (nSPS) is 10.6. The molecule has 0 radical (unpaired) electrons. The first-order chi connectivity index (χ1) is 8.10. The summed E-state index contributed by atoms with van der Waals surface area (Å²) in [4.78, 5) is 18.0. The monoisotopic (exact) mass is 236 g/mol. The van der Waals surface area contributed by atoms with Crippen LogP contribution < -0.4 is 0 Å². The first-order valence-corrected chi connectivity index (χ1v) is 5.93. The van der Waals surface area contributed by atoms with Crippen LogP contribution >= 0.6 is 0 Å². The van der Waals surface area contributed by atoms with Crippen molar-refractivity contribution in [2.75, 3.05) is 6.54 Å².